The number of benzene rings is 1. The van der Waals surface area contributed by atoms with Gasteiger partial charge in [0.05, 0.1) is 24.2 Å². The summed E-state index contributed by atoms with van der Waals surface area (Å²) in [4.78, 5) is 10.7. The van der Waals surface area contributed by atoms with E-state index in [2.05, 4.69) is 15.1 Å². The third-order valence-electron chi connectivity index (χ3n) is 5.88. The standard InChI is InChI=1S/C21H23FN6O3S/c1-16-13-24-27(14-16)20-23-9-7-19(25-20)26-10-8-21(18(22)15-26)28(11-12-31-21)32(29,30)17-5-3-2-4-6-17/h2-7,9,13-14,18H,8,10-12,15H2,1H3. The van der Waals surface area contributed by atoms with Gasteiger partial charge in [-0.15, -0.1) is 0 Å². The fraction of sp³-hybridized carbons (Fsp3) is 0.381. The Morgan fingerprint density at radius 1 is 1.19 bits per heavy atom. The van der Waals surface area contributed by atoms with Gasteiger partial charge in [0.1, 0.15) is 5.82 Å². The van der Waals surface area contributed by atoms with Gasteiger partial charge >= 0.3 is 0 Å². The van der Waals surface area contributed by atoms with Crippen LogP contribution in [0.4, 0.5) is 10.2 Å². The predicted molar refractivity (Wildman–Crippen MR) is 115 cm³/mol. The molecule has 0 bridgehead atoms. The van der Waals surface area contributed by atoms with Gasteiger partial charge in [-0.1, -0.05) is 18.2 Å². The van der Waals surface area contributed by atoms with E-state index >= 15 is 4.39 Å². The first-order valence-corrected chi connectivity index (χ1v) is 11.8. The molecule has 0 amide bonds. The number of aromatic nitrogens is 4. The highest BCUT2D eigenvalue weighted by Gasteiger charge is 2.56. The Labute approximate surface area is 185 Å². The molecule has 9 nitrogen and oxygen atoms in total. The fourth-order valence-corrected chi connectivity index (χ4v) is 6.02. The Morgan fingerprint density at radius 2 is 2.00 bits per heavy atom. The lowest BCUT2D eigenvalue weighted by Crippen LogP contribution is -2.62. The molecular formula is C21H23FN6O3S. The number of halogens is 1. The van der Waals surface area contributed by atoms with Gasteiger partial charge in [0.25, 0.3) is 5.95 Å². The van der Waals surface area contributed by atoms with Crippen molar-refractivity contribution in [3.8, 4) is 5.95 Å². The summed E-state index contributed by atoms with van der Waals surface area (Å²) in [5.74, 6) is 0.938. The van der Waals surface area contributed by atoms with E-state index in [0.717, 1.165) is 5.56 Å². The molecule has 3 aromatic rings. The number of piperidine rings is 1. The molecule has 2 unspecified atom stereocenters. The Kier molecular flexibility index (Phi) is 5.19. The molecule has 4 heterocycles. The first-order chi connectivity index (χ1) is 15.4. The molecule has 2 aliphatic rings. The number of alkyl halides is 1. The van der Waals surface area contributed by atoms with Crippen molar-refractivity contribution in [2.75, 3.05) is 31.1 Å². The van der Waals surface area contributed by atoms with E-state index in [0.29, 0.717) is 18.3 Å². The first kappa shape index (κ1) is 21.0. The molecular weight excluding hydrogens is 435 g/mol. The minimum absolute atomic E-state index is 0.0462. The minimum atomic E-state index is -3.89. The maximum absolute atomic E-state index is 15.7. The van der Waals surface area contributed by atoms with E-state index in [1.807, 2.05) is 6.92 Å². The number of hydrogen-bond donors (Lipinski definition) is 0. The van der Waals surface area contributed by atoms with Crippen molar-refractivity contribution < 1.29 is 17.5 Å². The van der Waals surface area contributed by atoms with Crippen molar-refractivity contribution in [2.45, 2.75) is 30.1 Å². The van der Waals surface area contributed by atoms with Gasteiger partial charge < -0.3 is 9.64 Å². The zero-order valence-electron chi connectivity index (χ0n) is 17.5. The van der Waals surface area contributed by atoms with Gasteiger partial charge in [-0.2, -0.15) is 14.4 Å². The van der Waals surface area contributed by atoms with Crippen LogP contribution in [-0.2, 0) is 14.8 Å². The van der Waals surface area contributed by atoms with Gasteiger partial charge in [0.2, 0.25) is 10.0 Å². The smallest absolute Gasteiger partial charge is 0.252 e. The number of nitrogens with zero attached hydrogens (tertiary/aromatic N) is 6. The molecule has 0 aliphatic carbocycles. The van der Waals surface area contributed by atoms with E-state index < -0.39 is 21.9 Å². The van der Waals surface area contributed by atoms with Crippen molar-refractivity contribution in [3.05, 3.63) is 60.6 Å². The Hall–Kier alpha value is -2.89. The second-order valence-electron chi connectivity index (χ2n) is 7.92. The Balaban J connectivity index is 1.40. The second kappa shape index (κ2) is 7.91. The summed E-state index contributed by atoms with van der Waals surface area (Å²) in [6.45, 7) is 2.53. The number of aryl methyl sites for hydroxylation is 1. The summed E-state index contributed by atoms with van der Waals surface area (Å²) in [5, 5.41) is 4.22. The number of anilines is 1. The summed E-state index contributed by atoms with van der Waals surface area (Å²) < 4.78 is 50.7. The van der Waals surface area contributed by atoms with E-state index in [9.17, 15) is 8.42 Å². The summed E-state index contributed by atoms with van der Waals surface area (Å²) in [7, 11) is -3.89. The molecule has 0 saturated carbocycles. The van der Waals surface area contributed by atoms with Gasteiger partial charge in [-0.25, -0.2) is 22.5 Å². The van der Waals surface area contributed by atoms with Crippen LogP contribution in [0.5, 0.6) is 0 Å². The monoisotopic (exact) mass is 458 g/mol. The zero-order chi connectivity index (χ0) is 22.3. The van der Waals surface area contributed by atoms with E-state index in [4.69, 9.17) is 4.74 Å². The summed E-state index contributed by atoms with van der Waals surface area (Å²) in [5.41, 5.74) is -0.541. The van der Waals surface area contributed by atoms with Gasteiger partial charge in [0.15, 0.2) is 11.9 Å². The first-order valence-electron chi connectivity index (χ1n) is 10.4. The van der Waals surface area contributed by atoms with Crippen molar-refractivity contribution in [1.82, 2.24) is 24.1 Å². The van der Waals surface area contributed by atoms with E-state index in [1.54, 1.807) is 52.4 Å². The van der Waals surface area contributed by atoms with Crippen molar-refractivity contribution >= 4 is 15.8 Å². The topological polar surface area (TPSA) is 93.5 Å². The van der Waals surface area contributed by atoms with Crippen LogP contribution in [0.15, 0.2) is 59.9 Å². The molecule has 5 rings (SSSR count). The second-order valence-corrected chi connectivity index (χ2v) is 9.79. The lowest BCUT2D eigenvalue weighted by molar-refractivity contribution is -0.116. The summed E-state index contributed by atoms with van der Waals surface area (Å²) >= 11 is 0. The third-order valence-corrected chi connectivity index (χ3v) is 7.82. The summed E-state index contributed by atoms with van der Waals surface area (Å²) in [6.07, 6.45) is 3.74. The number of hydrogen-bond acceptors (Lipinski definition) is 7. The largest absolute Gasteiger partial charge is 0.355 e. The van der Waals surface area contributed by atoms with Crippen molar-refractivity contribution in [2.24, 2.45) is 0 Å². The molecule has 168 valence electrons. The van der Waals surface area contributed by atoms with Gasteiger partial charge in [-0.05, 0) is 30.7 Å². The van der Waals surface area contributed by atoms with Crippen LogP contribution in [0.1, 0.15) is 12.0 Å². The number of ether oxygens (including phenoxy) is 1. The van der Waals surface area contributed by atoms with Crippen molar-refractivity contribution in [3.63, 3.8) is 0 Å². The van der Waals surface area contributed by atoms with Crippen LogP contribution in [0, 0.1) is 6.92 Å². The van der Waals surface area contributed by atoms with Crippen LogP contribution in [0.2, 0.25) is 0 Å². The molecule has 2 aromatic heterocycles. The lowest BCUT2D eigenvalue weighted by atomic mass is 9.98. The average molecular weight is 459 g/mol. The molecule has 2 saturated heterocycles. The van der Waals surface area contributed by atoms with E-state index in [-0.39, 0.29) is 31.0 Å². The van der Waals surface area contributed by atoms with E-state index in [1.165, 1.54) is 16.4 Å². The maximum Gasteiger partial charge on any atom is 0.252 e. The quantitative estimate of drug-likeness (QED) is 0.590. The average Bonchev–Trinajstić information content (AvgIpc) is 3.44. The fourth-order valence-electron chi connectivity index (χ4n) is 4.29. The van der Waals surface area contributed by atoms with Crippen LogP contribution >= 0.6 is 0 Å². The molecule has 2 aliphatic heterocycles. The molecule has 1 aromatic carbocycles. The molecule has 0 radical (unpaired) electrons. The summed E-state index contributed by atoms with van der Waals surface area (Å²) in [6, 6.07) is 9.79. The number of rotatable bonds is 4. The lowest BCUT2D eigenvalue weighted by Gasteiger charge is -2.45. The normalized spacial score (nSPS) is 24.3. The third kappa shape index (κ3) is 3.46. The molecule has 11 heteroatoms. The Morgan fingerprint density at radius 3 is 2.72 bits per heavy atom. The van der Waals surface area contributed by atoms with Crippen LogP contribution < -0.4 is 4.90 Å². The highest BCUT2D eigenvalue weighted by Crippen LogP contribution is 2.40. The van der Waals surface area contributed by atoms with Gasteiger partial charge in [0, 0.05) is 31.9 Å². The molecule has 1 spiro atoms. The molecule has 0 N–H and O–H groups in total. The SMILES string of the molecule is Cc1cnn(-c2nccc(N3CCC4(OCCN4S(=O)(=O)c4ccccc4)C(F)C3)n2)c1. The maximum atomic E-state index is 15.7. The number of sulfonamides is 1. The highest BCUT2D eigenvalue weighted by atomic mass is 32.2. The van der Waals surface area contributed by atoms with Crippen LogP contribution in [-0.4, -0.2) is 70.6 Å². The van der Waals surface area contributed by atoms with Crippen LogP contribution in [0.3, 0.4) is 0 Å². The Bertz CT molecular complexity index is 1220. The van der Waals surface area contributed by atoms with Crippen LogP contribution in [0.25, 0.3) is 5.95 Å². The predicted octanol–water partition coefficient (Wildman–Crippen LogP) is 1.94. The van der Waals surface area contributed by atoms with Gasteiger partial charge in [-0.3, -0.25) is 0 Å². The highest BCUT2D eigenvalue weighted by molar-refractivity contribution is 7.89. The zero-order valence-corrected chi connectivity index (χ0v) is 18.3. The molecule has 32 heavy (non-hydrogen) atoms. The molecule has 2 atom stereocenters. The molecule has 2 fully saturated rings. The van der Waals surface area contributed by atoms with Crippen molar-refractivity contribution in [1.29, 1.82) is 0 Å². The minimum Gasteiger partial charge on any atom is -0.355 e.